The number of nitrogens with zero attached hydrogens (tertiary/aromatic N) is 4. The minimum atomic E-state index is 0.429. The number of hydrogen-bond donors (Lipinski definition) is 0. The van der Waals surface area contributed by atoms with E-state index in [1.807, 2.05) is 39.0 Å². The zero-order valence-corrected chi connectivity index (χ0v) is 20.6. The number of rotatable bonds is 10. The zero-order chi connectivity index (χ0) is 23.8. The monoisotopic (exact) mass is 464 g/mol. The van der Waals surface area contributed by atoms with Crippen molar-refractivity contribution in [2.24, 2.45) is 11.8 Å². The lowest BCUT2D eigenvalue weighted by Crippen LogP contribution is -2.08. The van der Waals surface area contributed by atoms with Gasteiger partial charge < -0.3 is 14.2 Å². The summed E-state index contributed by atoms with van der Waals surface area (Å²) >= 11 is 0. The summed E-state index contributed by atoms with van der Waals surface area (Å²) in [4.78, 5) is 9.16. The van der Waals surface area contributed by atoms with Gasteiger partial charge in [0.2, 0.25) is 0 Å². The van der Waals surface area contributed by atoms with Crippen LogP contribution in [0.4, 0.5) is 0 Å². The fourth-order valence-electron chi connectivity index (χ4n) is 4.68. The summed E-state index contributed by atoms with van der Waals surface area (Å²) in [5.41, 5.74) is 3.62. The molecule has 1 aliphatic carbocycles. The van der Waals surface area contributed by atoms with E-state index in [4.69, 9.17) is 14.2 Å². The predicted octanol–water partition coefficient (Wildman–Crippen LogP) is 5.73. The van der Waals surface area contributed by atoms with Crippen molar-refractivity contribution in [3.63, 3.8) is 0 Å². The SMILES string of the molecule is CCOc1nc2ccc(OCCC3CCC[C@H](Cc4ccc(C)nn4)CC3)cc2nc1OCC. The number of benzene rings is 1. The lowest BCUT2D eigenvalue weighted by molar-refractivity contribution is 0.265. The van der Waals surface area contributed by atoms with Crippen molar-refractivity contribution in [1.82, 2.24) is 20.2 Å². The Morgan fingerprint density at radius 3 is 2.26 bits per heavy atom. The molecule has 34 heavy (non-hydrogen) atoms. The number of aryl methyl sites for hydroxylation is 1. The summed E-state index contributed by atoms with van der Waals surface area (Å²) in [6, 6.07) is 10.0. The quantitative estimate of drug-likeness (QED) is 0.354. The average molecular weight is 465 g/mol. The molecular formula is C27H36N4O3. The third kappa shape index (κ3) is 6.55. The standard InChI is InChI=1S/C27H36N4O3/c1-4-32-26-27(33-5-2)29-25-18-23(13-14-24(25)28-26)34-16-15-20-7-6-8-21(11-10-20)17-22-12-9-19(3)30-31-22/h9,12-14,18,20-21H,4-8,10-11,15-17H2,1-3H3/t20?,21-/m0/s1. The molecule has 182 valence electrons. The average Bonchev–Trinajstić information content (AvgIpc) is 3.06. The molecule has 0 saturated heterocycles. The molecule has 7 heteroatoms. The van der Waals surface area contributed by atoms with E-state index in [0.29, 0.717) is 43.4 Å². The molecule has 1 aromatic carbocycles. The second-order valence-corrected chi connectivity index (χ2v) is 9.10. The zero-order valence-electron chi connectivity index (χ0n) is 20.6. The Balaban J connectivity index is 1.29. The van der Waals surface area contributed by atoms with E-state index in [1.54, 1.807) is 0 Å². The van der Waals surface area contributed by atoms with E-state index in [2.05, 4.69) is 32.3 Å². The Labute approximate surface area is 202 Å². The Bertz CT molecular complexity index is 1060. The molecule has 7 nitrogen and oxygen atoms in total. The minimum Gasteiger partial charge on any atom is -0.494 e. The molecule has 4 rings (SSSR count). The number of aromatic nitrogens is 4. The van der Waals surface area contributed by atoms with Crippen molar-refractivity contribution >= 4 is 11.0 Å². The first-order chi connectivity index (χ1) is 16.6. The third-order valence-corrected chi connectivity index (χ3v) is 6.49. The van der Waals surface area contributed by atoms with E-state index in [-0.39, 0.29) is 0 Å². The van der Waals surface area contributed by atoms with Crippen molar-refractivity contribution in [1.29, 1.82) is 0 Å². The van der Waals surface area contributed by atoms with Crippen LogP contribution in [0, 0.1) is 18.8 Å². The highest BCUT2D eigenvalue weighted by atomic mass is 16.5. The van der Waals surface area contributed by atoms with Crippen LogP contribution in [-0.2, 0) is 6.42 Å². The van der Waals surface area contributed by atoms with Gasteiger partial charge in [-0.15, -0.1) is 0 Å². The fraction of sp³-hybridized carbons (Fsp3) is 0.556. The molecule has 0 N–H and O–H groups in total. The van der Waals surface area contributed by atoms with Crippen molar-refractivity contribution in [3.05, 3.63) is 41.7 Å². The smallest absolute Gasteiger partial charge is 0.278 e. The minimum absolute atomic E-state index is 0.429. The second kappa shape index (κ2) is 12.0. The van der Waals surface area contributed by atoms with Crippen LogP contribution in [0.1, 0.15) is 63.8 Å². The van der Waals surface area contributed by atoms with Gasteiger partial charge in [-0.2, -0.15) is 10.2 Å². The van der Waals surface area contributed by atoms with Gasteiger partial charge in [0.25, 0.3) is 11.8 Å². The molecular weight excluding hydrogens is 428 g/mol. The van der Waals surface area contributed by atoms with Crippen LogP contribution in [-0.4, -0.2) is 40.0 Å². The van der Waals surface area contributed by atoms with Gasteiger partial charge in [-0.1, -0.05) is 25.7 Å². The van der Waals surface area contributed by atoms with Gasteiger partial charge in [-0.05, 0) is 76.1 Å². The van der Waals surface area contributed by atoms with Gasteiger partial charge in [-0.3, -0.25) is 0 Å². The van der Waals surface area contributed by atoms with Crippen molar-refractivity contribution < 1.29 is 14.2 Å². The van der Waals surface area contributed by atoms with Gasteiger partial charge >= 0.3 is 0 Å². The number of ether oxygens (including phenoxy) is 3. The lowest BCUT2D eigenvalue weighted by atomic mass is 9.93. The van der Waals surface area contributed by atoms with E-state index in [1.165, 1.54) is 32.1 Å². The summed E-state index contributed by atoms with van der Waals surface area (Å²) in [6.45, 7) is 7.57. The van der Waals surface area contributed by atoms with Crippen LogP contribution in [0.2, 0.25) is 0 Å². The van der Waals surface area contributed by atoms with E-state index in [0.717, 1.165) is 41.0 Å². The van der Waals surface area contributed by atoms with Crippen LogP contribution < -0.4 is 14.2 Å². The molecule has 0 amide bonds. The van der Waals surface area contributed by atoms with Crippen LogP contribution in [0.25, 0.3) is 11.0 Å². The lowest BCUT2D eigenvalue weighted by Gasteiger charge is -2.16. The highest BCUT2D eigenvalue weighted by Crippen LogP contribution is 2.32. The first-order valence-corrected chi connectivity index (χ1v) is 12.6. The predicted molar refractivity (Wildman–Crippen MR) is 133 cm³/mol. The Morgan fingerprint density at radius 1 is 0.794 bits per heavy atom. The Hall–Kier alpha value is -2.96. The fourth-order valence-corrected chi connectivity index (χ4v) is 4.68. The number of hydrogen-bond acceptors (Lipinski definition) is 7. The molecule has 1 saturated carbocycles. The molecule has 0 radical (unpaired) electrons. The van der Waals surface area contributed by atoms with Gasteiger partial charge in [-0.25, -0.2) is 9.97 Å². The molecule has 1 unspecified atom stereocenters. The third-order valence-electron chi connectivity index (χ3n) is 6.49. The van der Waals surface area contributed by atoms with Gasteiger partial charge in [0.1, 0.15) is 5.75 Å². The molecule has 0 aliphatic heterocycles. The van der Waals surface area contributed by atoms with Crippen molar-refractivity contribution in [3.8, 4) is 17.5 Å². The van der Waals surface area contributed by atoms with Gasteiger partial charge in [0.05, 0.1) is 42.2 Å². The molecule has 0 bridgehead atoms. The topological polar surface area (TPSA) is 79.3 Å². The first kappa shape index (κ1) is 24.2. The molecule has 1 aliphatic rings. The van der Waals surface area contributed by atoms with Crippen LogP contribution in [0.15, 0.2) is 30.3 Å². The molecule has 1 fully saturated rings. The molecule has 2 heterocycles. The number of fused-ring (bicyclic) bond motifs is 1. The molecule has 0 spiro atoms. The summed E-state index contributed by atoms with van der Waals surface area (Å²) in [6.07, 6.45) is 8.48. The van der Waals surface area contributed by atoms with E-state index >= 15 is 0 Å². The van der Waals surface area contributed by atoms with Gasteiger partial charge in [0, 0.05) is 6.07 Å². The van der Waals surface area contributed by atoms with Crippen molar-refractivity contribution in [2.45, 2.75) is 65.7 Å². The Kier molecular flexibility index (Phi) is 8.50. The summed E-state index contributed by atoms with van der Waals surface area (Å²) in [5.74, 6) is 3.11. The first-order valence-electron chi connectivity index (χ1n) is 12.6. The molecule has 3 aromatic rings. The second-order valence-electron chi connectivity index (χ2n) is 9.10. The molecule has 2 aromatic heterocycles. The maximum Gasteiger partial charge on any atom is 0.278 e. The highest BCUT2D eigenvalue weighted by Gasteiger charge is 2.20. The summed E-state index contributed by atoms with van der Waals surface area (Å²) in [5, 5.41) is 8.57. The highest BCUT2D eigenvalue weighted by molar-refractivity contribution is 5.77. The maximum absolute atomic E-state index is 6.11. The van der Waals surface area contributed by atoms with Crippen molar-refractivity contribution in [2.75, 3.05) is 19.8 Å². The van der Waals surface area contributed by atoms with Crippen LogP contribution in [0.5, 0.6) is 17.5 Å². The van der Waals surface area contributed by atoms with E-state index < -0.39 is 0 Å². The van der Waals surface area contributed by atoms with Gasteiger partial charge in [0.15, 0.2) is 0 Å². The van der Waals surface area contributed by atoms with Crippen LogP contribution >= 0.6 is 0 Å². The summed E-state index contributed by atoms with van der Waals surface area (Å²) < 4.78 is 17.3. The van der Waals surface area contributed by atoms with E-state index in [9.17, 15) is 0 Å². The normalized spacial score (nSPS) is 18.4. The maximum atomic E-state index is 6.11. The summed E-state index contributed by atoms with van der Waals surface area (Å²) in [7, 11) is 0. The Morgan fingerprint density at radius 2 is 1.53 bits per heavy atom. The molecule has 2 atom stereocenters. The largest absolute Gasteiger partial charge is 0.494 e. The van der Waals surface area contributed by atoms with Crippen LogP contribution in [0.3, 0.4) is 0 Å².